The van der Waals surface area contributed by atoms with Gasteiger partial charge in [0.05, 0.1) is 19.1 Å². The third kappa shape index (κ3) is 3.88. The van der Waals surface area contributed by atoms with Gasteiger partial charge in [0.2, 0.25) is 10.0 Å². The number of aliphatic hydroxyl groups is 1. The number of sulfonamides is 1. The molecule has 0 saturated carbocycles. The highest BCUT2D eigenvalue weighted by atomic mass is 32.2. The molecule has 7 nitrogen and oxygen atoms in total. The molecule has 1 fully saturated rings. The van der Waals surface area contributed by atoms with E-state index in [1.54, 1.807) is 0 Å². The number of methoxy groups -OCH3 is 1. The van der Waals surface area contributed by atoms with Crippen molar-refractivity contribution >= 4 is 16.0 Å². The minimum Gasteiger partial charge on any atom is -0.495 e. The fourth-order valence-electron chi connectivity index (χ4n) is 2.91. The molecule has 2 rings (SSSR count). The van der Waals surface area contributed by atoms with Crippen LogP contribution >= 0.6 is 0 Å². The molecular formula is C16H23NO6S. The number of aliphatic carboxylic acids is 1. The minimum absolute atomic E-state index is 0.0259. The Morgan fingerprint density at radius 1 is 1.42 bits per heavy atom. The molecule has 1 aromatic carbocycles. The molecule has 1 aliphatic heterocycles. The maximum absolute atomic E-state index is 13.0. The van der Waals surface area contributed by atoms with Crippen molar-refractivity contribution in [1.29, 1.82) is 0 Å². The van der Waals surface area contributed by atoms with E-state index in [-0.39, 0.29) is 23.6 Å². The third-order valence-electron chi connectivity index (χ3n) is 4.38. The smallest absolute Gasteiger partial charge is 0.307 e. The van der Waals surface area contributed by atoms with Gasteiger partial charge in [-0.2, -0.15) is 4.31 Å². The highest BCUT2D eigenvalue weighted by molar-refractivity contribution is 7.89. The van der Waals surface area contributed by atoms with Crippen molar-refractivity contribution in [3.05, 3.63) is 23.8 Å². The van der Waals surface area contributed by atoms with Gasteiger partial charge in [0.25, 0.3) is 0 Å². The average Bonchev–Trinajstić information content (AvgIpc) is 2.54. The summed E-state index contributed by atoms with van der Waals surface area (Å²) in [5.74, 6) is -0.878. The van der Waals surface area contributed by atoms with E-state index >= 15 is 0 Å². The molecule has 1 atom stereocenters. The first-order valence-corrected chi connectivity index (χ1v) is 9.27. The molecule has 24 heavy (non-hydrogen) atoms. The lowest BCUT2D eigenvalue weighted by Crippen LogP contribution is -2.49. The first kappa shape index (κ1) is 18.7. The summed E-state index contributed by atoms with van der Waals surface area (Å²) < 4.78 is 32.4. The largest absolute Gasteiger partial charge is 0.495 e. The summed E-state index contributed by atoms with van der Waals surface area (Å²) in [6, 6.07) is 4.33. The second-order valence-electron chi connectivity index (χ2n) is 6.08. The Balaban J connectivity index is 2.42. The Morgan fingerprint density at radius 2 is 2.12 bits per heavy atom. The fourth-order valence-corrected chi connectivity index (χ4v) is 4.67. The molecule has 134 valence electrons. The molecule has 1 heterocycles. The molecule has 0 spiro atoms. The first-order chi connectivity index (χ1) is 11.2. The molecule has 1 aromatic rings. The number of hydrogen-bond acceptors (Lipinski definition) is 5. The maximum Gasteiger partial charge on any atom is 0.307 e. The number of nitrogens with zero attached hydrogens (tertiary/aromatic N) is 1. The van der Waals surface area contributed by atoms with Crippen molar-refractivity contribution < 1.29 is 28.2 Å². The average molecular weight is 357 g/mol. The van der Waals surface area contributed by atoms with E-state index in [0.717, 1.165) is 0 Å². The number of benzene rings is 1. The van der Waals surface area contributed by atoms with Crippen molar-refractivity contribution in [1.82, 2.24) is 4.31 Å². The molecular weight excluding hydrogens is 334 g/mol. The third-order valence-corrected chi connectivity index (χ3v) is 6.25. The first-order valence-electron chi connectivity index (χ1n) is 7.83. The summed E-state index contributed by atoms with van der Waals surface area (Å²) >= 11 is 0. The van der Waals surface area contributed by atoms with Crippen LogP contribution < -0.4 is 4.74 Å². The van der Waals surface area contributed by atoms with Crippen LogP contribution in [0.5, 0.6) is 5.75 Å². The zero-order chi connectivity index (χ0) is 18.0. The van der Waals surface area contributed by atoms with Crippen molar-refractivity contribution in [2.45, 2.75) is 43.1 Å². The number of hydrogen-bond donors (Lipinski definition) is 2. The van der Waals surface area contributed by atoms with Gasteiger partial charge in [0.15, 0.2) is 0 Å². The monoisotopic (exact) mass is 357 g/mol. The lowest BCUT2D eigenvalue weighted by Gasteiger charge is -2.38. The highest BCUT2D eigenvalue weighted by Crippen LogP contribution is 2.32. The van der Waals surface area contributed by atoms with Gasteiger partial charge in [0.1, 0.15) is 10.6 Å². The van der Waals surface area contributed by atoms with Crippen LogP contribution in [-0.4, -0.2) is 54.7 Å². The van der Waals surface area contributed by atoms with E-state index in [4.69, 9.17) is 9.84 Å². The van der Waals surface area contributed by atoms with Crippen molar-refractivity contribution in [2.24, 2.45) is 0 Å². The van der Waals surface area contributed by atoms with Gasteiger partial charge in [-0.15, -0.1) is 0 Å². The van der Waals surface area contributed by atoms with Gasteiger partial charge in [-0.1, -0.05) is 13.0 Å². The highest BCUT2D eigenvalue weighted by Gasteiger charge is 2.38. The Bertz CT molecular complexity index is 717. The molecule has 8 heteroatoms. The van der Waals surface area contributed by atoms with Crippen LogP contribution in [0.2, 0.25) is 0 Å². The maximum atomic E-state index is 13.0. The lowest BCUT2D eigenvalue weighted by molar-refractivity contribution is -0.136. The van der Waals surface area contributed by atoms with Crippen LogP contribution in [0.1, 0.15) is 31.7 Å². The van der Waals surface area contributed by atoms with Gasteiger partial charge >= 0.3 is 5.97 Å². The quantitative estimate of drug-likeness (QED) is 0.794. The molecule has 0 unspecified atom stereocenters. The van der Waals surface area contributed by atoms with Gasteiger partial charge < -0.3 is 14.9 Å². The number of rotatable bonds is 6. The summed E-state index contributed by atoms with van der Waals surface area (Å²) in [6.07, 6.45) is 1.33. The minimum atomic E-state index is -3.89. The second-order valence-corrected chi connectivity index (χ2v) is 7.98. The van der Waals surface area contributed by atoms with Crippen LogP contribution in [0.15, 0.2) is 23.1 Å². The Hall–Kier alpha value is -1.64. The molecule has 1 saturated heterocycles. The van der Waals surface area contributed by atoms with E-state index in [9.17, 15) is 18.3 Å². The standard InChI is InChI=1S/C16H23NO6S/c1-3-16(20)7-4-8-17(11-16)24(21,22)14-9-12(10-15(18)19)5-6-13(14)23-2/h5-6,9,20H,3-4,7-8,10-11H2,1-2H3,(H,18,19)/t16-/m1/s1. The zero-order valence-electron chi connectivity index (χ0n) is 13.9. The summed E-state index contributed by atoms with van der Waals surface area (Å²) in [6.45, 7) is 2.17. The summed E-state index contributed by atoms with van der Waals surface area (Å²) in [4.78, 5) is 10.8. The van der Waals surface area contributed by atoms with E-state index in [2.05, 4.69) is 0 Å². The molecule has 0 aliphatic carbocycles. The van der Waals surface area contributed by atoms with E-state index < -0.39 is 21.6 Å². The Morgan fingerprint density at radius 3 is 2.71 bits per heavy atom. The number of β-amino-alcohol motifs (C(OH)–C–C–N with tert-alkyl or cyclic N) is 1. The van der Waals surface area contributed by atoms with Gasteiger partial charge in [0, 0.05) is 13.1 Å². The van der Waals surface area contributed by atoms with Crippen LogP contribution in [0, 0.1) is 0 Å². The van der Waals surface area contributed by atoms with E-state index in [0.29, 0.717) is 31.4 Å². The fraction of sp³-hybridized carbons (Fsp3) is 0.562. The van der Waals surface area contributed by atoms with E-state index in [1.807, 2.05) is 6.92 Å². The summed E-state index contributed by atoms with van der Waals surface area (Å²) in [5.41, 5.74) is -0.651. The van der Waals surface area contributed by atoms with Crippen LogP contribution in [-0.2, 0) is 21.2 Å². The summed E-state index contributed by atoms with van der Waals surface area (Å²) in [7, 11) is -2.52. The number of carbonyl (C=O) groups is 1. The summed E-state index contributed by atoms with van der Waals surface area (Å²) in [5, 5.41) is 19.4. The molecule has 1 aliphatic rings. The van der Waals surface area contributed by atoms with Gasteiger partial charge in [-0.3, -0.25) is 4.79 Å². The predicted molar refractivity (Wildman–Crippen MR) is 87.6 cm³/mol. The normalized spacial score (nSPS) is 22.3. The Kier molecular flexibility index (Phi) is 5.52. The number of piperidine rings is 1. The second kappa shape index (κ2) is 7.08. The predicted octanol–water partition coefficient (Wildman–Crippen LogP) is 1.25. The van der Waals surface area contributed by atoms with Crippen molar-refractivity contribution in [3.63, 3.8) is 0 Å². The molecule has 2 N–H and O–H groups in total. The van der Waals surface area contributed by atoms with Crippen LogP contribution in [0.25, 0.3) is 0 Å². The van der Waals surface area contributed by atoms with Crippen molar-refractivity contribution in [2.75, 3.05) is 20.2 Å². The topological polar surface area (TPSA) is 104 Å². The molecule has 0 bridgehead atoms. The number of ether oxygens (including phenoxy) is 1. The number of carboxylic acid groups (broad SMARTS) is 1. The van der Waals surface area contributed by atoms with Crippen LogP contribution in [0.4, 0.5) is 0 Å². The molecule has 0 radical (unpaired) electrons. The van der Waals surface area contributed by atoms with Gasteiger partial charge in [-0.25, -0.2) is 8.42 Å². The number of carboxylic acids is 1. The Labute approximate surface area is 141 Å². The molecule has 0 aromatic heterocycles. The van der Waals surface area contributed by atoms with Gasteiger partial charge in [-0.05, 0) is 37.0 Å². The van der Waals surface area contributed by atoms with E-state index in [1.165, 1.54) is 29.6 Å². The molecule has 0 amide bonds. The van der Waals surface area contributed by atoms with Crippen LogP contribution in [0.3, 0.4) is 0 Å². The SMILES string of the molecule is CC[C@@]1(O)CCCN(S(=O)(=O)c2cc(CC(=O)O)ccc2OC)C1. The van der Waals surface area contributed by atoms with Crippen molar-refractivity contribution in [3.8, 4) is 5.75 Å². The zero-order valence-corrected chi connectivity index (χ0v) is 14.7. The lowest BCUT2D eigenvalue weighted by atomic mass is 9.92.